The second-order valence-corrected chi connectivity index (χ2v) is 2.33. The molecule has 0 atom stereocenters. The summed E-state index contributed by atoms with van der Waals surface area (Å²) in [6.07, 6.45) is 0.559. The summed E-state index contributed by atoms with van der Waals surface area (Å²) in [5.41, 5.74) is -0.117. The fourth-order valence-corrected chi connectivity index (χ4v) is 0.782. The number of hydrogen-bond donors (Lipinski definition) is 0. The van der Waals surface area contributed by atoms with E-state index in [2.05, 4.69) is 9.72 Å². The first-order valence-corrected chi connectivity index (χ1v) is 3.50. The molecule has 0 aliphatic carbocycles. The SMILES string of the molecule is COC(=O)Cc1ncc(F)cc1F. The maximum absolute atomic E-state index is 12.8. The van der Waals surface area contributed by atoms with E-state index in [1.54, 1.807) is 0 Å². The van der Waals surface area contributed by atoms with E-state index >= 15 is 0 Å². The largest absolute Gasteiger partial charge is 0.469 e. The van der Waals surface area contributed by atoms with Crippen molar-refractivity contribution in [1.82, 2.24) is 4.98 Å². The molecule has 0 amide bonds. The molecule has 1 aromatic heterocycles. The number of carbonyl (C=O) groups excluding carboxylic acids is 1. The summed E-state index contributed by atoms with van der Waals surface area (Å²) in [5, 5.41) is 0. The number of methoxy groups -OCH3 is 1. The molecule has 13 heavy (non-hydrogen) atoms. The van der Waals surface area contributed by atoms with Crippen LogP contribution in [0.5, 0.6) is 0 Å². The van der Waals surface area contributed by atoms with Crippen LogP contribution in [0.15, 0.2) is 12.3 Å². The summed E-state index contributed by atoms with van der Waals surface area (Å²) in [6, 6.07) is 0.672. The lowest BCUT2D eigenvalue weighted by atomic mass is 10.2. The Morgan fingerprint density at radius 2 is 2.31 bits per heavy atom. The maximum Gasteiger partial charge on any atom is 0.311 e. The van der Waals surface area contributed by atoms with Gasteiger partial charge < -0.3 is 4.74 Å². The van der Waals surface area contributed by atoms with Crippen molar-refractivity contribution in [2.75, 3.05) is 7.11 Å². The number of nitrogens with zero attached hydrogens (tertiary/aromatic N) is 1. The van der Waals surface area contributed by atoms with E-state index in [1.807, 2.05) is 0 Å². The lowest BCUT2D eigenvalue weighted by Crippen LogP contribution is -2.08. The molecule has 0 radical (unpaired) electrons. The highest BCUT2D eigenvalue weighted by atomic mass is 19.1. The Morgan fingerprint density at radius 3 is 2.85 bits per heavy atom. The first-order chi connectivity index (χ1) is 6.13. The van der Waals surface area contributed by atoms with Crippen LogP contribution in [0.4, 0.5) is 8.78 Å². The smallest absolute Gasteiger partial charge is 0.311 e. The standard InChI is InChI=1S/C8H7F2NO2/c1-13-8(12)3-7-6(10)2-5(9)4-11-7/h2,4H,3H2,1H3. The van der Waals surface area contributed by atoms with E-state index in [1.165, 1.54) is 7.11 Å². The van der Waals surface area contributed by atoms with Gasteiger partial charge in [0.2, 0.25) is 0 Å². The molecule has 0 aliphatic heterocycles. The number of rotatable bonds is 2. The molecular formula is C8H7F2NO2. The van der Waals surface area contributed by atoms with Crippen LogP contribution in [-0.4, -0.2) is 18.1 Å². The second-order valence-electron chi connectivity index (χ2n) is 2.33. The number of hydrogen-bond acceptors (Lipinski definition) is 3. The number of carbonyl (C=O) groups is 1. The van der Waals surface area contributed by atoms with E-state index in [-0.39, 0.29) is 12.1 Å². The van der Waals surface area contributed by atoms with Crippen molar-refractivity contribution in [1.29, 1.82) is 0 Å². The van der Waals surface area contributed by atoms with Gasteiger partial charge in [-0.1, -0.05) is 0 Å². The van der Waals surface area contributed by atoms with Crippen molar-refractivity contribution in [3.63, 3.8) is 0 Å². The van der Waals surface area contributed by atoms with Crippen molar-refractivity contribution < 1.29 is 18.3 Å². The fourth-order valence-electron chi connectivity index (χ4n) is 0.782. The van der Waals surface area contributed by atoms with Gasteiger partial charge in [0.15, 0.2) is 0 Å². The van der Waals surface area contributed by atoms with Crippen LogP contribution in [0.2, 0.25) is 0 Å². The van der Waals surface area contributed by atoms with Crippen molar-refractivity contribution in [3.05, 3.63) is 29.6 Å². The predicted octanol–water partition coefficient (Wildman–Crippen LogP) is 1.08. The molecule has 0 N–H and O–H groups in total. The Labute approximate surface area is 73.4 Å². The number of ether oxygens (including phenoxy) is 1. The van der Waals surface area contributed by atoms with Crippen LogP contribution >= 0.6 is 0 Å². The second kappa shape index (κ2) is 3.93. The molecule has 0 aromatic carbocycles. The highest BCUT2D eigenvalue weighted by Crippen LogP contribution is 2.06. The van der Waals surface area contributed by atoms with E-state index in [0.29, 0.717) is 6.07 Å². The van der Waals surface area contributed by atoms with Gasteiger partial charge in [0.1, 0.15) is 11.6 Å². The summed E-state index contributed by atoms with van der Waals surface area (Å²) >= 11 is 0. The van der Waals surface area contributed by atoms with Crippen molar-refractivity contribution in [3.8, 4) is 0 Å². The van der Waals surface area contributed by atoms with E-state index in [9.17, 15) is 13.6 Å². The van der Waals surface area contributed by atoms with Gasteiger partial charge in [-0.15, -0.1) is 0 Å². The van der Waals surface area contributed by atoms with E-state index in [0.717, 1.165) is 6.20 Å². The zero-order valence-electron chi connectivity index (χ0n) is 6.88. The molecule has 1 rings (SSSR count). The molecule has 0 fully saturated rings. The average molecular weight is 187 g/mol. The third-order valence-corrected chi connectivity index (χ3v) is 1.42. The third-order valence-electron chi connectivity index (χ3n) is 1.42. The Morgan fingerprint density at radius 1 is 1.62 bits per heavy atom. The zero-order valence-corrected chi connectivity index (χ0v) is 6.88. The van der Waals surface area contributed by atoms with Crippen LogP contribution in [0, 0.1) is 11.6 Å². The Kier molecular flexibility index (Phi) is 2.89. The molecule has 1 heterocycles. The van der Waals surface area contributed by atoms with Gasteiger partial charge in [-0.2, -0.15) is 0 Å². The van der Waals surface area contributed by atoms with Crippen molar-refractivity contribution >= 4 is 5.97 Å². The maximum atomic E-state index is 12.8. The predicted molar refractivity (Wildman–Crippen MR) is 39.9 cm³/mol. The number of pyridine rings is 1. The number of esters is 1. The molecule has 0 spiro atoms. The summed E-state index contributed by atoms with van der Waals surface area (Å²) in [5.74, 6) is -2.23. The molecule has 0 saturated carbocycles. The highest BCUT2D eigenvalue weighted by Gasteiger charge is 2.10. The van der Waals surface area contributed by atoms with Crippen LogP contribution in [-0.2, 0) is 16.0 Å². The number of aromatic nitrogens is 1. The van der Waals surface area contributed by atoms with Gasteiger partial charge in [0.05, 0.1) is 25.4 Å². The van der Waals surface area contributed by atoms with E-state index in [4.69, 9.17) is 0 Å². The highest BCUT2D eigenvalue weighted by molar-refractivity contribution is 5.71. The Bertz CT molecular complexity index is 328. The van der Waals surface area contributed by atoms with Gasteiger partial charge in [-0.3, -0.25) is 9.78 Å². The molecule has 0 aliphatic rings. The minimum Gasteiger partial charge on any atom is -0.469 e. The van der Waals surface area contributed by atoms with Gasteiger partial charge in [-0.25, -0.2) is 8.78 Å². The molecule has 1 aromatic rings. The fraction of sp³-hybridized carbons (Fsp3) is 0.250. The zero-order chi connectivity index (χ0) is 9.84. The quantitative estimate of drug-likeness (QED) is 0.650. The molecule has 0 bridgehead atoms. The van der Waals surface area contributed by atoms with Gasteiger partial charge in [0, 0.05) is 6.07 Å². The summed E-state index contributed by atoms with van der Waals surface area (Å²) in [7, 11) is 1.18. The monoisotopic (exact) mass is 187 g/mol. The topological polar surface area (TPSA) is 39.2 Å². The van der Waals surface area contributed by atoms with Crippen LogP contribution < -0.4 is 0 Å². The molecular weight excluding hydrogens is 180 g/mol. The molecule has 70 valence electrons. The first kappa shape index (κ1) is 9.57. The number of halogens is 2. The Hall–Kier alpha value is -1.52. The van der Waals surface area contributed by atoms with Gasteiger partial charge in [-0.05, 0) is 0 Å². The van der Waals surface area contributed by atoms with Gasteiger partial charge in [0.25, 0.3) is 0 Å². The molecule has 5 heteroatoms. The minimum absolute atomic E-state index is 0.117. The van der Waals surface area contributed by atoms with Crippen LogP contribution in [0.3, 0.4) is 0 Å². The molecule has 0 unspecified atom stereocenters. The first-order valence-electron chi connectivity index (χ1n) is 3.50. The lowest BCUT2D eigenvalue weighted by molar-refractivity contribution is -0.139. The average Bonchev–Trinajstić information content (AvgIpc) is 2.09. The van der Waals surface area contributed by atoms with E-state index < -0.39 is 17.6 Å². The van der Waals surface area contributed by atoms with Crippen molar-refractivity contribution in [2.45, 2.75) is 6.42 Å². The normalized spacial score (nSPS) is 9.77. The van der Waals surface area contributed by atoms with Gasteiger partial charge >= 0.3 is 5.97 Å². The summed E-state index contributed by atoms with van der Waals surface area (Å²) in [4.78, 5) is 14.1. The lowest BCUT2D eigenvalue weighted by Gasteiger charge is -2.00. The summed E-state index contributed by atoms with van der Waals surface area (Å²) in [6.45, 7) is 0. The Balaban J connectivity index is 2.83. The third kappa shape index (κ3) is 2.47. The molecule has 0 saturated heterocycles. The summed E-state index contributed by atoms with van der Waals surface area (Å²) < 4.78 is 29.5. The minimum atomic E-state index is -0.842. The molecule has 3 nitrogen and oxygen atoms in total. The van der Waals surface area contributed by atoms with Crippen LogP contribution in [0.1, 0.15) is 5.69 Å². The van der Waals surface area contributed by atoms with Crippen LogP contribution in [0.25, 0.3) is 0 Å². The van der Waals surface area contributed by atoms with Crippen molar-refractivity contribution in [2.24, 2.45) is 0 Å².